The second-order valence-corrected chi connectivity index (χ2v) is 5.06. The van der Waals surface area contributed by atoms with E-state index < -0.39 is 0 Å². The Morgan fingerprint density at radius 1 is 0.950 bits per heavy atom. The number of ether oxygens (including phenoxy) is 2. The molecule has 0 atom stereocenters. The summed E-state index contributed by atoms with van der Waals surface area (Å²) >= 11 is 1.72. The van der Waals surface area contributed by atoms with Crippen molar-refractivity contribution < 1.29 is 9.47 Å². The molecular formula is C16H19NO2S. The van der Waals surface area contributed by atoms with Crippen molar-refractivity contribution in [3.63, 3.8) is 0 Å². The molecule has 0 heterocycles. The zero-order valence-corrected chi connectivity index (χ0v) is 12.4. The van der Waals surface area contributed by atoms with Crippen molar-refractivity contribution in [1.82, 2.24) is 0 Å². The Labute approximate surface area is 124 Å². The van der Waals surface area contributed by atoms with Crippen LogP contribution < -0.4 is 15.2 Å². The van der Waals surface area contributed by atoms with Gasteiger partial charge in [0.1, 0.15) is 24.7 Å². The Kier molecular flexibility index (Phi) is 5.77. The van der Waals surface area contributed by atoms with Crippen LogP contribution >= 0.6 is 11.8 Å². The second-order valence-electron chi connectivity index (χ2n) is 4.18. The van der Waals surface area contributed by atoms with Gasteiger partial charge in [-0.2, -0.15) is 0 Å². The van der Waals surface area contributed by atoms with E-state index in [-0.39, 0.29) is 0 Å². The number of thioether (sulfide) groups is 1. The normalized spacial score (nSPS) is 10.3. The molecule has 0 fully saturated rings. The predicted molar refractivity (Wildman–Crippen MR) is 83.5 cm³/mol. The molecule has 0 aliphatic carbocycles. The first-order valence-corrected chi connectivity index (χ1v) is 7.73. The summed E-state index contributed by atoms with van der Waals surface area (Å²) in [7, 11) is 0. The second kappa shape index (κ2) is 7.82. The van der Waals surface area contributed by atoms with Gasteiger partial charge in [-0.05, 0) is 36.6 Å². The van der Waals surface area contributed by atoms with Crippen molar-refractivity contribution in [2.75, 3.05) is 19.5 Å². The van der Waals surface area contributed by atoms with E-state index in [1.54, 1.807) is 11.8 Å². The van der Waals surface area contributed by atoms with Crippen LogP contribution in [0.15, 0.2) is 53.4 Å². The largest absolute Gasteiger partial charge is 0.490 e. The Morgan fingerprint density at radius 3 is 2.35 bits per heavy atom. The fourth-order valence-electron chi connectivity index (χ4n) is 1.80. The molecule has 2 N–H and O–H groups in total. The minimum Gasteiger partial charge on any atom is -0.490 e. The molecule has 0 saturated carbocycles. The smallest absolute Gasteiger partial charge is 0.123 e. The maximum atomic E-state index is 5.69. The highest BCUT2D eigenvalue weighted by Crippen LogP contribution is 2.19. The van der Waals surface area contributed by atoms with Gasteiger partial charge >= 0.3 is 0 Å². The van der Waals surface area contributed by atoms with Gasteiger partial charge in [-0.1, -0.05) is 18.2 Å². The molecule has 0 amide bonds. The van der Waals surface area contributed by atoms with Crippen LogP contribution in [-0.4, -0.2) is 19.5 Å². The van der Waals surface area contributed by atoms with Gasteiger partial charge in [0.15, 0.2) is 0 Å². The average Bonchev–Trinajstić information content (AvgIpc) is 2.52. The Bertz CT molecular complexity index is 528. The van der Waals surface area contributed by atoms with Crippen LogP contribution in [0.2, 0.25) is 0 Å². The maximum Gasteiger partial charge on any atom is 0.123 e. The molecule has 2 aromatic carbocycles. The fourth-order valence-corrected chi connectivity index (χ4v) is 2.20. The third-order valence-corrected chi connectivity index (χ3v) is 3.61. The highest BCUT2D eigenvalue weighted by molar-refractivity contribution is 7.98. The first-order chi connectivity index (χ1) is 9.83. The number of hydrogen-bond donors (Lipinski definition) is 1. The molecule has 2 aromatic rings. The number of nitrogens with two attached hydrogens (primary N) is 1. The first-order valence-electron chi connectivity index (χ1n) is 6.51. The van der Waals surface area contributed by atoms with Crippen LogP contribution in [0.1, 0.15) is 5.56 Å². The minimum atomic E-state index is 0.479. The van der Waals surface area contributed by atoms with E-state index in [1.807, 2.05) is 48.5 Å². The summed E-state index contributed by atoms with van der Waals surface area (Å²) in [5.41, 5.74) is 6.67. The van der Waals surface area contributed by atoms with Crippen LogP contribution in [0.5, 0.6) is 11.5 Å². The summed E-state index contributed by atoms with van der Waals surface area (Å²) in [4.78, 5) is 1.23. The summed E-state index contributed by atoms with van der Waals surface area (Å²) in [6.07, 6.45) is 2.05. The van der Waals surface area contributed by atoms with Crippen molar-refractivity contribution in [2.45, 2.75) is 11.4 Å². The van der Waals surface area contributed by atoms with E-state index in [2.05, 4.69) is 6.26 Å². The zero-order chi connectivity index (χ0) is 14.2. The van der Waals surface area contributed by atoms with Gasteiger partial charge in [0.05, 0.1) is 0 Å². The van der Waals surface area contributed by atoms with E-state index in [0.29, 0.717) is 19.8 Å². The van der Waals surface area contributed by atoms with Crippen LogP contribution in [-0.2, 0) is 6.54 Å². The van der Waals surface area contributed by atoms with Crippen LogP contribution in [0.4, 0.5) is 0 Å². The topological polar surface area (TPSA) is 44.5 Å². The number of benzene rings is 2. The van der Waals surface area contributed by atoms with Gasteiger partial charge in [0.2, 0.25) is 0 Å². The van der Waals surface area contributed by atoms with E-state index in [1.165, 1.54) is 4.90 Å². The van der Waals surface area contributed by atoms with Crippen LogP contribution in [0.3, 0.4) is 0 Å². The molecule has 2 rings (SSSR count). The summed E-state index contributed by atoms with van der Waals surface area (Å²) in [5.74, 6) is 1.69. The van der Waals surface area contributed by atoms with Gasteiger partial charge < -0.3 is 15.2 Å². The highest BCUT2D eigenvalue weighted by atomic mass is 32.2. The summed E-state index contributed by atoms with van der Waals surface area (Å²) in [6.45, 7) is 1.49. The molecular weight excluding hydrogens is 270 g/mol. The van der Waals surface area contributed by atoms with E-state index in [4.69, 9.17) is 15.2 Å². The molecule has 106 valence electrons. The lowest BCUT2D eigenvalue weighted by Crippen LogP contribution is -2.10. The molecule has 0 unspecified atom stereocenters. The highest BCUT2D eigenvalue weighted by Gasteiger charge is 2.01. The lowest BCUT2D eigenvalue weighted by molar-refractivity contribution is 0.216. The van der Waals surface area contributed by atoms with E-state index >= 15 is 0 Å². The molecule has 0 aliphatic rings. The molecule has 4 heteroatoms. The quantitative estimate of drug-likeness (QED) is 0.627. The Hall–Kier alpha value is -1.65. The predicted octanol–water partition coefficient (Wildman–Crippen LogP) is 3.33. The third-order valence-electron chi connectivity index (χ3n) is 2.86. The van der Waals surface area contributed by atoms with Crippen LogP contribution in [0, 0.1) is 0 Å². The fraction of sp³-hybridized carbons (Fsp3) is 0.250. The summed E-state index contributed by atoms with van der Waals surface area (Å²) in [5, 5.41) is 0. The van der Waals surface area contributed by atoms with E-state index in [9.17, 15) is 0 Å². The molecule has 20 heavy (non-hydrogen) atoms. The molecule has 0 bridgehead atoms. The van der Waals surface area contributed by atoms with Gasteiger partial charge in [-0.25, -0.2) is 0 Å². The standard InChI is InChI=1S/C16H19NO2S/c1-20-15-8-6-14(7-9-15)18-10-11-19-16-5-3-2-4-13(16)12-17/h2-9H,10-12,17H2,1H3. The number of para-hydroxylation sites is 1. The summed E-state index contributed by atoms with van der Waals surface area (Å²) < 4.78 is 11.3. The van der Waals surface area contributed by atoms with Crippen molar-refractivity contribution in [1.29, 1.82) is 0 Å². The van der Waals surface area contributed by atoms with Crippen molar-refractivity contribution in [3.8, 4) is 11.5 Å². The molecule has 0 spiro atoms. The summed E-state index contributed by atoms with van der Waals surface area (Å²) in [6, 6.07) is 15.8. The SMILES string of the molecule is CSc1ccc(OCCOc2ccccc2CN)cc1. The Morgan fingerprint density at radius 2 is 1.65 bits per heavy atom. The molecule has 0 radical (unpaired) electrons. The van der Waals surface area contributed by atoms with Crippen molar-refractivity contribution in [3.05, 3.63) is 54.1 Å². The average molecular weight is 289 g/mol. The molecule has 0 aliphatic heterocycles. The zero-order valence-electron chi connectivity index (χ0n) is 11.5. The molecule has 0 aromatic heterocycles. The van der Waals surface area contributed by atoms with Crippen molar-refractivity contribution >= 4 is 11.8 Å². The molecule has 0 saturated heterocycles. The first kappa shape index (κ1) is 14.8. The maximum absolute atomic E-state index is 5.69. The number of rotatable bonds is 7. The van der Waals surface area contributed by atoms with Gasteiger partial charge in [-0.3, -0.25) is 0 Å². The number of hydrogen-bond acceptors (Lipinski definition) is 4. The monoisotopic (exact) mass is 289 g/mol. The van der Waals surface area contributed by atoms with E-state index in [0.717, 1.165) is 17.1 Å². The van der Waals surface area contributed by atoms with Crippen molar-refractivity contribution in [2.24, 2.45) is 5.73 Å². The molecule has 3 nitrogen and oxygen atoms in total. The third kappa shape index (κ3) is 4.18. The lowest BCUT2D eigenvalue weighted by atomic mass is 10.2. The van der Waals surface area contributed by atoms with Gasteiger partial charge in [0.25, 0.3) is 0 Å². The van der Waals surface area contributed by atoms with Crippen LogP contribution in [0.25, 0.3) is 0 Å². The Balaban J connectivity index is 1.78. The minimum absolute atomic E-state index is 0.479. The van der Waals surface area contributed by atoms with Gasteiger partial charge in [-0.15, -0.1) is 11.8 Å². The van der Waals surface area contributed by atoms with Gasteiger partial charge in [0, 0.05) is 17.0 Å². The lowest BCUT2D eigenvalue weighted by Gasteiger charge is -2.11.